The predicted octanol–water partition coefficient (Wildman–Crippen LogP) is 9.37. The van der Waals surface area contributed by atoms with Gasteiger partial charge in [0.2, 0.25) is 0 Å². The van der Waals surface area contributed by atoms with E-state index in [4.69, 9.17) is 23.2 Å². The zero-order valence-corrected chi connectivity index (χ0v) is 18.5. The minimum absolute atomic E-state index is 0.791. The second-order valence-corrected chi connectivity index (χ2v) is 9.77. The highest BCUT2D eigenvalue weighted by atomic mass is 35.5. The van der Waals surface area contributed by atoms with Crippen LogP contribution in [0.3, 0.4) is 0 Å². The number of hydrogen-bond donors (Lipinski definition) is 0. The molecule has 5 aromatic rings. The maximum atomic E-state index is 6.64. The Morgan fingerprint density at radius 2 is 1.00 bits per heavy atom. The van der Waals surface area contributed by atoms with Crippen LogP contribution in [-0.2, 0) is 0 Å². The molecule has 28 heavy (non-hydrogen) atoms. The average molecular weight is 439 g/mol. The third kappa shape index (κ3) is 2.96. The van der Waals surface area contributed by atoms with Crippen LogP contribution < -0.4 is 0 Å². The Kier molecular flexibility index (Phi) is 4.48. The number of fused-ring (bicyclic) bond motifs is 2. The number of thiophene rings is 2. The second kappa shape index (κ2) is 6.89. The van der Waals surface area contributed by atoms with Gasteiger partial charge in [-0.25, -0.2) is 0 Å². The fourth-order valence-corrected chi connectivity index (χ4v) is 5.94. The Morgan fingerprint density at radius 3 is 1.43 bits per heavy atom. The van der Waals surface area contributed by atoms with Gasteiger partial charge in [0, 0.05) is 30.6 Å². The van der Waals surface area contributed by atoms with E-state index < -0.39 is 0 Å². The maximum Gasteiger partial charge on any atom is 0.0491 e. The van der Waals surface area contributed by atoms with E-state index >= 15 is 0 Å². The van der Waals surface area contributed by atoms with Gasteiger partial charge in [-0.15, -0.1) is 22.7 Å². The third-order valence-corrected chi connectivity index (χ3v) is 7.62. The van der Waals surface area contributed by atoms with Crippen molar-refractivity contribution in [2.24, 2.45) is 0 Å². The van der Waals surface area contributed by atoms with Crippen LogP contribution in [0.4, 0.5) is 0 Å². The molecule has 0 nitrogen and oxygen atoms in total. The van der Waals surface area contributed by atoms with E-state index in [2.05, 4.69) is 73.1 Å². The fraction of sp³-hybridized carbons (Fsp3) is 0.0833. The van der Waals surface area contributed by atoms with E-state index in [-0.39, 0.29) is 0 Å². The van der Waals surface area contributed by atoms with Gasteiger partial charge in [0.25, 0.3) is 0 Å². The molecule has 2 aromatic heterocycles. The molecule has 0 spiro atoms. The quantitative estimate of drug-likeness (QED) is 0.257. The number of benzene rings is 3. The van der Waals surface area contributed by atoms with E-state index in [0.29, 0.717) is 0 Å². The van der Waals surface area contributed by atoms with Crippen molar-refractivity contribution in [1.82, 2.24) is 0 Å². The Labute approximate surface area is 182 Å². The van der Waals surface area contributed by atoms with E-state index in [0.717, 1.165) is 21.2 Å². The van der Waals surface area contributed by atoms with Gasteiger partial charge in [0.1, 0.15) is 0 Å². The Hall–Kier alpha value is -1.84. The van der Waals surface area contributed by atoms with Crippen LogP contribution in [-0.4, -0.2) is 0 Å². The third-order valence-electron chi connectivity index (χ3n) is 5.24. The van der Waals surface area contributed by atoms with Gasteiger partial charge < -0.3 is 0 Å². The lowest BCUT2D eigenvalue weighted by Crippen LogP contribution is -1.91. The molecule has 0 amide bonds. The SMILES string of the molecule is Cc1cc(-c2cc3sccc3cc2Cl)c(C)cc1-c1cc2sccc2cc1Cl. The lowest BCUT2D eigenvalue weighted by molar-refractivity contribution is 1.39. The second-order valence-electron chi connectivity index (χ2n) is 7.06. The first-order valence-electron chi connectivity index (χ1n) is 8.97. The molecule has 5 rings (SSSR count). The number of hydrogen-bond acceptors (Lipinski definition) is 2. The summed E-state index contributed by atoms with van der Waals surface area (Å²) in [4.78, 5) is 0. The highest BCUT2D eigenvalue weighted by Crippen LogP contribution is 2.41. The molecule has 3 aromatic carbocycles. The van der Waals surface area contributed by atoms with Gasteiger partial charge in [-0.05, 0) is 94.0 Å². The summed E-state index contributed by atoms with van der Waals surface area (Å²) in [7, 11) is 0. The standard InChI is InChI=1S/C24H16Cl2S2/c1-13-7-18(20-12-24-16(4-6-28-24)10-22(20)26)14(2)8-17(13)19-11-23-15(3-5-27-23)9-21(19)25/h3-12H,1-2H3. The van der Waals surface area contributed by atoms with E-state index in [1.54, 1.807) is 22.7 Å². The molecule has 0 saturated heterocycles. The summed E-state index contributed by atoms with van der Waals surface area (Å²) in [6, 6.07) is 17.2. The van der Waals surface area contributed by atoms with Gasteiger partial charge in [0.05, 0.1) is 0 Å². The molecule has 4 heteroatoms. The predicted molar refractivity (Wildman–Crippen MR) is 128 cm³/mol. The molecule has 0 N–H and O–H groups in total. The van der Waals surface area contributed by atoms with E-state index in [1.807, 2.05) is 0 Å². The van der Waals surface area contributed by atoms with Crippen molar-refractivity contribution in [1.29, 1.82) is 0 Å². The van der Waals surface area contributed by atoms with Crippen molar-refractivity contribution in [3.63, 3.8) is 0 Å². The van der Waals surface area contributed by atoms with Crippen LogP contribution in [0.25, 0.3) is 42.4 Å². The molecule has 0 aliphatic heterocycles. The van der Waals surface area contributed by atoms with Crippen molar-refractivity contribution >= 4 is 66.0 Å². The van der Waals surface area contributed by atoms with Crippen molar-refractivity contribution in [2.75, 3.05) is 0 Å². The van der Waals surface area contributed by atoms with E-state index in [1.165, 1.54) is 42.4 Å². The molecule has 0 unspecified atom stereocenters. The van der Waals surface area contributed by atoms with Gasteiger partial charge >= 0.3 is 0 Å². The fourth-order valence-electron chi connectivity index (χ4n) is 3.77. The Morgan fingerprint density at radius 1 is 0.571 bits per heavy atom. The molecule has 0 radical (unpaired) electrons. The summed E-state index contributed by atoms with van der Waals surface area (Å²) in [6.45, 7) is 4.29. The Balaban J connectivity index is 1.69. The summed E-state index contributed by atoms with van der Waals surface area (Å²) in [5.41, 5.74) is 6.92. The number of rotatable bonds is 2. The van der Waals surface area contributed by atoms with Gasteiger partial charge in [0.15, 0.2) is 0 Å². The first-order chi connectivity index (χ1) is 13.5. The van der Waals surface area contributed by atoms with Crippen LogP contribution in [0.5, 0.6) is 0 Å². The number of aryl methyl sites for hydroxylation is 2. The van der Waals surface area contributed by atoms with Gasteiger partial charge in [-0.2, -0.15) is 0 Å². The summed E-state index contributed by atoms with van der Waals surface area (Å²) >= 11 is 16.8. The molecular weight excluding hydrogens is 423 g/mol. The first-order valence-corrected chi connectivity index (χ1v) is 11.5. The zero-order chi connectivity index (χ0) is 19.4. The Bertz CT molecular complexity index is 1250. The minimum Gasteiger partial charge on any atom is -0.144 e. The molecule has 0 saturated carbocycles. The average Bonchev–Trinajstić information content (AvgIpc) is 3.30. The highest BCUT2D eigenvalue weighted by Gasteiger charge is 2.15. The van der Waals surface area contributed by atoms with Crippen LogP contribution in [0, 0.1) is 13.8 Å². The maximum absolute atomic E-state index is 6.64. The molecule has 0 aliphatic carbocycles. The van der Waals surface area contributed by atoms with Crippen LogP contribution in [0.15, 0.2) is 59.3 Å². The van der Waals surface area contributed by atoms with E-state index in [9.17, 15) is 0 Å². The summed E-state index contributed by atoms with van der Waals surface area (Å²) < 4.78 is 2.51. The van der Waals surface area contributed by atoms with Gasteiger partial charge in [-0.1, -0.05) is 35.3 Å². The monoisotopic (exact) mass is 438 g/mol. The minimum atomic E-state index is 0.791. The largest absolute Gasteiger partial charge is 0.144 e. The van der Waals surface area contributed by atoms with Crippen molar-refractivity contribution in [2.45, 2.75) is 13.8 Å². The molecular formula is C24H16Cl2S2. The molecule has 0 bridgehead atoms. The molecule has 0 fully saturated rings. The van der Waals surface area contributed by atoms with Crippen molar-refractivity contribution < 1.29 is 0 Å². The smallest absolute Gasteiger partial charge is 0.0491 e. The molecule has 138 valence electrons. The van der Waals surface area contributed by atoms with Crippen LogP contribution in [0.1, 0.15) is 11.1 Å². The topological polar surface area (TPSA) is 0 Å². The number of halogens is 2. The zero-order valence-electron chi connectivity index (χ0n) is 15.3. The lowest BCUT2D eigenvalue weighted by Gasteiger charge is -2.15. The molecule has 2 heterocycles. The van der Waals surface area contributed by atoms with Crippen molar-refractivity contribution in [3.05, 3.63) is 80.5 Å². The first kappa shape index (κ1) is 18.2. The molecule has 0 aliphatic rings. The lowest BCUT2D eigenvalue weighted by atomic mass is 9.91. The van der Waals surface area contributed by atoms with Crippen molar-refractivity contribution in [3.8, 4) is 22.3 Å². The summed E-state index contributed by atoms with van der Waals surface area (Å²) in [5, 5.41) is 8.18. The van der Waals surface area contributed by atoms with Gasteiger partial charge in [-0.3, -0.25) is 0 Å². The summed E-state index contributed by atoms with van der Waals surface area (Å²) in [6.07, 6.45) is 0. The highest BCUT2D eigenvalue weighted by molar-refractivity contribution is 7.17. The molecule has 0 atom stereocenters. The van der Waals surface area contributed by atoms with Crippen LogP contribution >= 0.6 is 45.9 Å². The van der Waals surface area contributed by atoms with Crippen LogP contribution in [0.2, 0.25) is 10.0 Å². The summed E-state index contributed by atoms with van der Waals surface area (Å²) in [5.74, 6) is 0. The normalized spacial score (nSPS) is 11.6.